The summed E-state index contributed by atoms with van der Waals surface area (Å²) in [4.78, 5) is 32.9. The number of ether oxygens (including phenoxy) is 2. The quantitative estimate of drug-likeness (QED) is 0.387. The molecule has 0 atom stereocenters. The van der Waals surface area contributed by atoms with Gasteiger partial charge < -0.3 is 14.4 Å². The van der Waals surface area contributed by atoms with Gasteiger partial charge in [0.1, 0.15) is 17.0 Å². The number of alkyl halides is 3. The lowest BCUT2D eigenvalue weighted by Gasteiger charge is -2.29. The molecule has 0 spiro atoms. The molecule has 0 N–H and O–H groups in total. The first-order chi connectivity index (χ1) is 15.9. The van der Waals surface area contributed by atoms with Crippen LogP contribution in [0.25, 0.3) is 5.57 Å². The molecule has 0 unspecified atom stereocenters. The molecule has 1 aliphatic heterocycles. The number of rotatable bonds is 7. The van der Waals surface area contributed by atoms with E-state index in [0.717, 1.165) is 28.2 Å². The number of anilines is 1. The summed E-state index contributed by atoms with van der Waals surface area (Å²) < 4.78 is 46.4. The van der Waals surface area contributed by atoms with Crippen LogP contribution in [0.5, 0.6) is 11.5 Å². The van der Waals surface area contributed by atoms with E-state index in [4.69, 9.17) is 4.74 Å². The molecule has 2 aromatic rings. The van der Waals surface area contributed by atoms with Crippen molar-refractivity contribution in [3.63, 3.8) is 0 Å². The predicted molar refractivity (Wildman–Crippen MR) is 123 cm³/mol. The third-order valence-corrected chi connectivity index (χ3v) is 5.55. The van der Waals surface area contributed by atoms with Crippen LogP contribution in [0.2, 0.25) is 0 Å². The maximum Gasteiger partial charge on any atom is 0.573 e. The highest BCUT2D eigenvalue weighted by Gasteiger charge is 2.52. The van der Waals surface area contributed by atoms with Crippen LogP contribution in [0.15, 0.2) is 53.5 Å². The van der Waals surface area contributed by atoms with Gasteiger partial charge in [0.15, 0.2) is 0 Å². The predicted octanol–water partition coefficient (Wildman–Crippen LogP) is 5.58. The molecular weight excluding hydrogens is 451 g/mol. The van der Waals surface area contributed by atoms with Crippen LogP contribution < -0.4 is 14.4 Å². The van der Waals surface area contributed by atoms with E-state index < -0.39 is 29.6 Å². The van der Waals surface area contributed by atoms with Crippen LogP contribution >= 0.6 is 0 Å². The van der Waals surface area contributed by atoms with Crippen molar-refractivity contribution in [3.8, 4) is 11.5 Å². The van der Waals surface area contributed by atoms with Crippen LogP contribution in [0.4, 0.5) is 29.3 Å². The normalized spacial score (nSPS) is 16.1. The third kappa shape index (κ3) is 4.75. The van der Waals surface area contributed by atoms with Gasteiger partial charge in [0.2, 0.25) is 0 Å². The van der Waals surface area contributed by atoms with Gasteiger partial charge in [0.05, 0.1) is 18.5 Å². The topological polar surface area (TPSA) is 71.4 Å². The molecule has 3 amide bonds. The van der Waals surface area contributed by atoms with Crippen molar-refractivity contribution in [2.45, 2.75) is 32.7 Å². The summed E-state index contributed by atoms with van der Waals surface area (Å²) in [6.45, 7) is 8.72. The zero-order valence-electron chi connectivity index (χ0n) is 19.1. The molecule has 10 heteroatoms. The Morgan fingerprint density at radius 3 is 2.26 bits per heavy atom. The minimum Gasteiger partial charge on any atom is -0.497 e. The van der Waals surface area contributed by atoms with E-state index in [1.807, 2.05) is 6.08 Å². The lowest BCUT2D eigenvalue weighted by molar-refractivity contribution is -0.274. The SMILES string of the molecule is C=Nc1cc(OC)ccc1/C(=C\C)CN1C(=O)N(c2ccc(OC(F)(F)F)cc2)C(=O)C1(C)C. The van der Waals surface area contributed by atoms with Crippen molar-refractivity contribution in [1.82, 2.24) is 4.90 Å². The first kappa shape index (κ1) is 24.8. The number of carbonyl (C=O) groups excluding carboxylic acids is 2. The van der Waals surface area contributed by atoms with E-state index >= 15 is 0 Å². The second kappa shape index (κ2) is 9.20. The van der Waals surface area contributed by atoms with Gasteiger partial charge in [-0.05, 0) is 69.5 Å². The lowest BCUT2D eigenvalue weighted by Crippen LogP contribution is -2.44. The molecule has 34 heavy (non-hydrogen) atoms. The van der Waals surface area contributed by atoms with E-state index in [9.17, 15) is 22.8 Å². The number of nitrogens with zero attached hydrogens (tertiary/aromatic N) is 3. The highest BCUT2D eigenvalue weighted by atomic mass is 19.4. The average molecular weight is 475 g/mol. The number of halogens is 3. The summed E-state index contributed by atoms with van der Waals surface area (Å²) in [7, 11) is 1.53. The number of allylic oxidation sites excluding steroid dienone is 1. The zero-order chi connectivity index (χ0) is 25.3. The van der Waals surface area contributed by atoms with Gasteiger partial charge in [-0.15, -0.1) is 13.2 Å². The van der Waals surface area contributed by atoms with Crippen molar-refractivity contribution in [3.05, 3.63) is 54.1 Å². The molecule has 1 heterocycles. The molecule has 7 nitrogen and oxygen atoms in total. The Hall–Kier alpha value is -3.82. The number of urea groups is 1. The second-order valence-electron chi connectivity index (χ2n) is 7.97. The van der Waals surface area contributed by atoms with Crippen LogP contribution in [-0.4, -0.2) is 49.1 Å². The Kier molecular flexibility index (Phi) is 6.72. The highest BCUT2D eigenvalue weighted by Crippen LogP contribution is 2.37. The Morgan fingerprint density at radius 2 is 1.74 bits per heavy atom. The molecule has 0 saturated carbocycles. The van der Waals surface area contributed by atoms with Gasteiger partial charge in [0, 0.05) is 18.2 Å². The van der Waals surface area contributed by atoms with E-state index in [0.29, 0.717) is 11.4 Å². The largest absolute Gasteiger partial charge is 0.573 e. The van der Waals surface area contributed by atoms with Gasteiger partial charge in [0.25, 0.3) is 5.91 Å². The monoisotopic (exact) mass is 475 g/mol. The molecule has 180 valence electrons. The molecule has 0 aromatic heterocycles. The number of aliphatic imine (C=N–C) groups is 1. The van der Waals surface area contributed by atoms with Gasteiger partial charge in [-0.2, -0.15) is 0 Å². The fraction of sp³-hybridized carbons (Fsp3) is 0.292. The van der Waals surface area contributed by atoms with E-state index in [1.165, 1.54) is 24.1 Å². The third-order valence-electron chi connectivity index (χ3n) is 5.55. The standard InChI is InChI=1S/C24H24F3N3O4/c1-6-15(19-12-11-18(33-5)13-20(19)28-4)14-29-22(32)30(21(31)23(29,2)3)16-7-9-17(10-8-16)34-24(25,26)27/h6-13H,4,14H2,1-3,5H3/b15-6-. The van der Waals surface area contributed by atoms with Crippen molar-refractivity contribution < 1.29 is 32.2 Å². The number of hydrogen-bond acceptors (Lipinski definition) is 5. The van der Waals surface area contributed by atoms with Crippen LogP contribution in [0, 0.1) is 0 Å². The number of imide groups is 1. The van der Waals surface area contributed by atoms with E-state index in [-0.39, 0.29) is 12.2 Å². The fourth-order valence-electron chi connectivity index (χ4n) is 3.67. The highest BCUT2D eigenvalue weighted by molar-refractivity contribution is 6.23. The second-order valence-corrected chi connectivity index (χ2v) is 7.97. The smallest absolute Gasteiger partial charge is 0.497 e. The summed E-state index contributed by atoms with van der Waals surface area (Å²) in [5.74, 6) is -0.362. The first-order valence-corrected chi connectivity index (χ1v) is 10.2. The first-order valence-electron chi connectivity index (χ1n) is 10.2. The van der Waals surface area contributed by atoms with Crippen molar-refractivity contribution >= 4 is 35.6 Å². The minimum absolute atomic E-state index is 0.0920. The number of hydrogen-bond donors (Lipinski definition) is 0. The number of amides is 3. The van der Waals surface area contributed by atoms with Crippen molar-refractivity contribution in [1.29, 1.82) is 0 Å². The lowest BCUT2D eigenvalue weighted by atomic mass is 9.99. The summed E-state index contributed by atoms with van der Waals surface area (Å²) >= 11 is 0. The Morgan fingerprint density at radius 1 is 1.12 bits per heavy atom. The Bertz CT molecular complexity index is 1140. The maximum atomic E-state index is 13.3. The number of methoxy groups -OCH3 is 1. The van der Waals surface area contributed by atoms with E-state index in [2.05, 4.69) is 16.4 Å². The van der Waals surface area contributed by atoms with Crippen LogP contribution in [-0.2, 0) is 4.79 Å². The van der Waals surface area contributed by atoms with Crippen molar-refractivity contribution in [2.24, 2.45) is 4.99 Å². The van der Waals surface area contributed by atoms with E-state index in [1.54, 1.807) is 39.0 Å². The molecule has 0 aliphatic carbocycles. The summed E-state index contributed by atoms with van der Waals surface area (Å²) in [6.07, 6.45) is -3.03. The molecule has 1 saturated heterocycles. The summed E-state index contributed by atoms with van der Waals surface area (Å²) in [5, 5.41) is 0. The Balaban J connectivity index is 1.91. The van der Waals surface area contributed by atoms with Gasteiger partial charge >= 0.3 is 12.4 Å². The number of carbonyl (C=O) groups is 2. The summed E-state index contributed by atoms with van der Waals surface area (Å²) in [5.41, 5.74) is 0.942. The molecule has 2 aromatic carbocycles. The zero-order valence-corrected chi connectivity index (χ0v) is 19.1. The maximum absolute atomic E-state index is 13.3. The Labute approximate surface area is 195 Å². The van der Waals surface area contributed by atoms with Crippen LogP contribution in [0.1, 0.15) is 26.3 Å². The van der Waals surface area contributed by atoms with Gasteiger partial charge in [-0.25, -0.2) is 9.69 Å². The van der Waals surface area contributed by atoms with Gasteiger partial charge in [-0.3, -0.25) is 9.79 Å². The average Bonchev–Trinajstić information content (AvgIpc) is 2.95. The molecule has 1 aliphatic rings. The minimum atomic E-state index is -4.84. The molecular formula is C24H24F3N3O4. The van der Waals surface area contributed by atoms with Gasteiger partial charge in [-0.1, -0.05) is 6.08 Å². The number of benzene rings is 2. The molecule has 3 rings (SSSR count). The van der Waals surface area contributed by atoms with Crippen LogP contribution in [0.3, 0.4) is 0 Å². The fourth-order valence-corrected chi connectivity index (χ4v) is 3.67. The molecule has 0 radical (unpaired) electrons. The summed E-state index contributed by atoms with van der Waals surface area (Å²) in [6, 6.07) is 9.24. The molecule has 1 fully saturated rings. The van der Waals surface area contributed by atoms with Crippen molar-refractivity contribution in [2.75, 3.05) is 18.6 Å². The molecule has 0 bridgehead atoms.